The summed E-state index contributed by atoms with van der Waals surface area (Å²) in [5.74, 6) is 1.43. The van der Waals surface area contributed by atoms with Crippen molar-refractivity contribution in [2.24, 2.45) is 0 Å². The number of amides is 1. The number of hydrogen-bond donors (Lipinski definition) is 0. The first-order chi connectivity index (χ1) is 12.7. The highest BCUT2D eigenvalue weighted by Gasteiger charge is 2.23. The molecule has 1 aliphatic rings. The van der Waals surface area contributed by atoms with Crippen LogP contribution in [0.3, 0.4) is 0 Å². The molecule has 0 aliphatic carbocycles. The van der Waals surface area contributed by atoms with E-state index >= 15 is 0 Å². The number of rotatable bonds is 4. The van der Waals surface area contributed by atoms with Gasteiger partial charge < -0.3 is 14.2 Å². The average molecular weight is 348 g/mol. The lowest BCUT2D eigenvalue weighted by atomic mass is 10.0. The fourth-order valence-electron chi connectivity index (χ4n) is 3.35. The van der Waals surface area contributed by atoms with E-state index in [1.165, 1.54) is 5.56 Å². The normalized spacial score (nSPS) is 13.3. The second kappa shape index (κ2) is 7.04. The van der Waals surface area contributed by atoms with Gasteiger partial charge in [-0.05, 0) is 36.6 Å². The number of nitrogens with zero attached hydrogens (tertiary/aromatic N) is 2. The molecule has 0 unspecified atom stereocenters. The highest BCUT2D eigenvalue weighted by atomic mass is 16.5. The van der Waals surface area contributed by atoms with Crippen LogP contribution in [0.2, 0.25) is 0 Å². The Morgan fingerprint density at radius 2 is 2.08 bits per heavy atom. The SMILES string of the molecule is COc1cccc(-c2cc(CC(=O)N3CCCc4ccccc43)no2)c1. The molecule has 26 heavy (non-hydrogen) atoms. The summed E-state index contributed by atoms with van der Waals surface area (Å²) >= 11 is 0. The van der Waals surface area contributed by atoms with Gasteiger partial charge >= 0.3 is 0 Å². The van der Waals surface area contributed by atoms with Crippen LogP contribution in [-0.4, -0.2) is 24.7 Å². The van der Waals surface area contributed by atoms with Gasteiger partial charge in [-0.25, -0.2) is 0 Å². The molecule has 2 heterocycles. The molecule has 4 rings (SSSR count). The standard InChI is InChI=1S/C21H20N2O3/c1-25-18-9-4-7-16(12-18)20-13-17(22-26-20)14-21(24)23-11-5-8-15-6-2-3-10-19(15)23/h2-4,6-7,9-10,12-13H,5,8,11,14H2,1H3. The largest absolute Gasteiger partial charge is 0.497 e. The van der Waals surface area contributed by atoms with Crippen molar-refractivity contribution in [3.63, 3.8) is 0 Å². The number of carbonyl (C=O) groups excluding carboxylic acids is 1. The van der Waals surface area contributed by atoms with Crippen molar-refractivity contribution in [1.82, 2.24) is 5.16 Å². The highest BCUT2D eigenvalue weighted by Crippen LogP contribution is 2.28. The summed E-state index contributed by atoms with van der Waals surface area (Å²) in [4.78, 5) is 14.7. The van der Waals surface area contributed by atoms with Gasteiger partial charge in [0.15, 0.2) is 5.76 Å². The summed E-state index contributed by atoms with van der Waals surface area (Å²) in [5, 5.41) is 4.08. The third-order valence-corrected chi connectivity index (χ3v) is 4.66. The zero-order valence-electron chi connectivity index (χ0n) is 14.6. The van der Waals surface area contributed by atoms with Crippen LogP contribution in [-0.2, 0) is 17.6 Å². The van der Waals surface area contributed by atoms with E-state index in [0.717, 1.165) is 36.4 Å². The number of aromatic nitrogens is 1. The highest BCUT2D eigenvalue weighted by molar-refractivity contribution is 5.95. The molecule has 0 spiro atoms. The maximum absolute atomic E-state index is 12.8. The van der Waals surface area contributed by atoms with Gasteiger partial charge in [0.05, 0.1) is 19.2 Å². The Labute approximate surface area is 152 Å². The molecule has 1 aromatic heterocycles. The third kappa shape index (κ3) is 3.20. The minimum absolute atomic E-state index is 0.0441. The molecule has 0 atom stereocenters. The Kier molecular flexibility index (Phi) is 4.44. The smallest absolute Gasteiger partial charge is 0.233 e. The Morgan fingerprint density at radius 3 is 2.96 bits per heavy atom. The molecule has 5 heteroatoms. The first kappa shape index (κ1) is 16.4. The minimum Gasteiger partial charge on any atom is -0.497 e. The molecule has 0 radical (unpaired) electrons. The van der Waals surface area contributed by atoms with Crippen LogP contribution < -0.4 is 9.64 Å². The molecule has 0 N–H and O–H groups in total. The van der Waals surface area contributed by atoms with Crippen LogP contribution in [0.25, 0.3) is 11.3 Å². The van der Waals surface area contributed by atoms with Gasteiger partial charge in [0.2, 0.25) is 5.91 Å². The zero-order valence-corrected chi connectivity index (χ0v) is 14.6. The molecule has 5 nitrogen and oxygen atoms in total. The third-order valence-electron chi connectivity index (χ3n) is 4.66. The number of methoxy groups -OCH3 is 1. The predicted molar refractivity (Wildman–Crippen MR) is 99.3 cm³/mol. The molecule has 0 bridgehead atoms. The van der Waals surface area contributed by atoms with Crippen molar-refractivity contribution < 1.29 is 14.1 Å². The van der Waals surface area contributed by atoms with Gasteiger partial charge in [0.25, 0.3) is 0 Å². The van der Waals surface area contributed by atoms with Gasteiger partial charge in [-0.2, -0.15) is 0 Å². The summed E-state index contributed by atoms with van der Waals surface area (Å²) in [6.45, 7) is 0.746. The van der Waals surface area contributed by atoms with Crippen molar-refractivity contribution in [1.29, 1.82) is 0 Å². The topological polar surface area (TPSA) is 55.6 Å². The molecule has 0 fully saturated rings. The van der Waals surface area contributed by atoms with Gasteiger partial charge in [-0.15, -0.1) is 0 Å². The van der Waals surface area contributed by atoms with Crippen molar-refractivity contribution in [2.75, 3.05) is 18.6 Å². The van der Waals surface area contributed by atoms with Crippen LogP contribution in [0.1, 0.15) is 17.7 Å². The van der Waals surface area contributed by atoms with E-state index in [9.17, 15) is 4.79 Å². The molecule has 0 saturated heterocycles. The number of aryl methyl sites for hydroxylation is 1. The predicted octanol–water partition coefficient (Wildman–Crippen LogP) is 3.87. The van der Waals surface area contributed by atoms with Crippen molar-refractivity contribution >= 4 is 11.6 Å². The van der Waals surface area contributed by atoms with Gasteiger partial charge in [-0.3, -0.25) is 4.79 Å². The van der Waals surface area contributed by atoms with Gasteiger partial charge in [0, 0.05) is 23.9 Å². The maximum Gasteiger partial charge on any atom is 0.233 e. The number of ether oxygens (including phenoxy) is 1. The lowest BCUT2D eigenvalue weighted by molar-refractivity contribution is -0.118. The lowest BCUT2D eigenvalue weighted by Gasteiger charge is -2.29. The molecular weight excluding hydrogens is 328 g/mol. The van der Waals surface area contributed by atoms with Crippen molar-refractivity contribution in [2.45, 2.75) is 19.3 Å². The van der Waals surface area contributed by atoms with E-state index in [1.54, 1.807) is 7.11 Å². The van der Waals surface area contributed by atoms with E-state index in [4.69, 9.17) is 9.26 Å². The first-order valence-corrected chi connectivity index (χ1v) is 8.73. The maximum atomic E-state index is 12.8. The van der Waals surface area contributed by atoms with E-state index in [-0.39, 0.29) is 12.3 Å². The first-order valence-electron chi connectivity index (χ1n) is 8.73. The number of anilines is 1. The second-order valence-corrected chi connectivity index (χ2v) is 6.37. The van der Waals surface area contributed by atoms with Crippen molar-refractivity contribution in [3.05, 3.63) is 65.9 Å². The van der Waals surface area contributed by atoms with E-state index in [1.807, 2.05) is 53.4 Å². The zero-order chi connectivity index (χ0) is 17.9. The van der Waals surface area contributed by atoms with Crippen LogP contribution in [0.4, 0.5) is 5.69 Å². The fraction of sp³-hybridized carbons (Fsp3) is 0.238. The Bertz CT molecular complexity index is 932. The Hall–Kier alpha value is -3.08. The molecule has 1 amide bonds. The lowest BCUT2D eigenvalue weighted by Crippen LogP contribution is -2.36. The number of hydrogen-bond acceptors (Lipinski definition) is 4. The number of benzene rings is 2. The summed E-state index contributed by atoms with van der Waals surface area (Å²) in [6.07, 6.45) is 2.22. The fourth-order valence-corrected chi connectivity index (χ4v) is 3.35. The Morgan fingerprint density at radius 1 is 1.19 bits per heavy atom. The van der Waals surface area contributed by atoms with Crippen LogP contribution in [0.5, 0.6) is 5.75 Å². The van der Waals surface area contributed by atoms with Gasteiger partial charge in [-0.1, -0.05) is 35.5 Å². The van der Waals surface area contributed by atoms with Gasteiger partial charge in [0.1, 0.15) is 5.75 Å². The van der Waals surface area contributed by atoms with Crippen molar-refractivity contribution in [3.8, 4) is 17.1 Å². The molecule has 0 saturated carbocycles. The number of fused-ring (bicyclic) bond motifs is 1. The molecule has 132 valence electrons. The van der Waals surface area contributed by atoms with Crippen LogP contribution in [0.15, 0.2) is 59.1 Å². The molecule has 2 aromatic carbocycles. The Balaban J connectivity index is 1.52. The van der Waals surface area contributed by atoms with E-state index < -0.39 is 0 Å². The monoisotopic (exact) mass is 348 g/mol. The number of para-hydroxylation sites is 1. The second-order valence-electron chi connectivity index (χ2n) is 6.37. The van der Waals surface area contributed by atoms with E-state index in [2.05, 4.69) is 11.2 Å². The molecule has 3 aromatic rings. The summed E-state index contributed by atoms with van der Waals surface area (Å²) < 4.78 is 10.7. The van der Waals surface area contributed by atoms with Crippen LogP contribution >= 0.6 is 0 Å². The van der Waals surface area contributed by atoms with E-state index in [0.29, 0.717) is 11.5 Å². The summed E-state index contributed by atoms with van der Waals surface area (Å²) in [5.41, 5.74) is 3.75. The summed E-state index contributed by atoms with van der Waals surface area (Å²) in [7, 11) is 1.63. The summed E-state index contributed by atoms with van der Waals surface area (Å²) in [6, 6.07) is 17.5. The number of carbonyl (C=O) groups is 1. The molecule has 1 aliphatic heterocycles. The average Bonchev–Trinajstić information content (AvgIpc) is 3.16. The molecular formula is C21H20N2O3. The van der Waals surface area contributed by atoms with Crippen LogP contribution in [0, 0.1) is 0 Å². The minimum atomic E-state index is 0.0441. The quantitative estimate of drug-likeness (QED) is 0.718.